The molecule has 0 amide bonds. The molecular weight excluding hydrogens is 310 g/mol. The summed E-state index contributed by atoms with van der Waals surface area (Å²) in [4.78, 5) is 0. The van der Waals surface area contributed by atoms with E-state index in [0.29, 0.717) is 12.0 Å². The largest absolute Gasteiger partial charge is 0.381 e. The molecule has 0 radical (unpaired) electrons. The molecule has 3 heteroatoms. The molecule has 1 saturated carbocycles. The summed E-state index contributed by atoms with van der Waals surface area (Å²) in [5.41, 5.74) is 2.23. The maximum Gasteiger partial charge on any atom is 0.0502 e. The zero-order chi connectivity index (χ0) is 13.3. The van der Waals surface area contributed by atoms with Gasteiger partial charge in [0.05, 0.1) is 5.69 Å². The molecule has 1 fully saturated rings. The minimum Gasteiger partial charge on any atom is -0.381 e. The van der Waals surface area contributed by atoms with Crippen LogP contribution in [-0.4, -0.2) is 6.04 Å². The van der Waals surface area contributed by atoms with Crippen molar-refractivity contribution in [2.75, 3.05) is 5.32 Å². The Bertz CT molecular complexity index is 433. The van der Waals surface area contributed by atoms with E-state index in [0.717, 1.165) is 26.7 Å². The molecule has 1 nitrogen and oxygen atoms in total. The van der Waals surface area contributed by atoms with Gasteiger partial charge in [0.2, 0.25) is 0 Å². The van der Waals surface area contributed by atoms with E-state index >= 15 is 0 Å². The highest BCUT2D eigenvalue weighted by Crippen LogP contribution is 2.35. The van der Waals surface area contributed by atoms with Crippen molar-refractivity contribution < 1.29 is 0 Å². The summed E-state index contributed by atoms with van der Waals surface area (Å²) in [5.74, 6) is 1.52. The Balaban J connectivity index is 2.16. The minimum absolute atomic E-state index is 0.559. The lowest BCUT2D eigenvalue weighted by atomic mass is 9.78. The van der Waals surface area contributed by atoms with Crippen molar-refractivity contribution in [3.8, 4) is 0 Å². The van der Waals surface area contributed by atoms with E-state index in [-0.39, 0.29) is 0 Å². The Morgan fingerprint density at radius 2 is 2.00 bits per heavy atom. The lowest BCUT2D eigenvalue weighted by Crippen LogP contribution is -2.35. The zero-order valence-corrected chi connectivity index (χ0v) is 13.6. The van der Waals surface area contributed by atoms with Crippen LogP contribution in [0.4, 0.5) is 5.69 Å². The number of hydrogen-bond acceptors (Lipinski definition) is 1. The predicted molar refractivity (Wildman–Crippen MR) is 83.5 cm³/mol. The lowest BCUT2D eigenvalue weighted by molar-refractivity contribution is 0.253. The van der Waals surface area contributed by atoms with Gasteiger partial charge in [-0.2, -0.15) is 0 Å². The lowest BCUT2D eigenvalue weighted by Gasteiger charge is -2.35. The fraction of sp³-hybridized carbons (Fsp3) is 0.600. The summed E-state index contributed by atoms with van der Waals surface area (Å²) >= 11 is 9.83. The second-order valence-corrected chi connectivity index (χ2v) is 6.86. The van der Waals surface area contributed by atoms with Gasteiger partial charge in [-0.1, -0.05) is 38.3 Å². The van der Waals surface area contributed by atoms with E-state index in [1.807, 2.05) is 13.0 Å². The molecule has 3 unspecified atom stereocenters. The van der Waals surface area contributed by atoms with E-state index in [2.05, 4.69) is 41.2 Å². The van der Waals surface area contributed by atoms with Crippen LogP contribution in [-0.2, 0) is 0 Å². The Morgan fingerprint density at radius 3 is 2.72 bits per heavy atom. The molecule has 3 atom stereocenters. The molecule has 0 spiro atoms. The summed E-state index contributed by atoms with van der Waals surface area (Å²) < 4.78 is 1.11. The normalized spacial score (nSPS) is 28.2. The zero-order valence-electron chi connectivity index (χ0n) is 11.3. The fourth-order valence-corrected chi connectivity index (χ4v) is 3.48. The molecule has 0 aliphatic heterocycles. The molecular formula is C15H21BrClN. The molecule has 1 aliphatic rings. The number of nitrogens with one attached hydrogen (secondary N) is 1. The standard InChI is InChI=1S/C15H21BrClN/c1-9-5-4-6-14(11(9)3)18-15-8-13(17)10(2)7-12(15)16/h7-9,11,14,18H,4-6H2,1-3H3. The molecule has 1 aliphatic carbocycles. The molecule has 100 valence electrons. The number of benzene rings is 1. The van der Waals surface area contributed by atoms with Crippen molar-refractivity contribution >= 4 is 33.2 Å². The van der Waals surface area contributed by atoms with Gasteiger partial charge in [0.25, 0.3) is 0 Å². The van der Waals surface area contributed by atoms with Gasteiger partial charge in [0, 0.05) is 15.5 Å². The van der Waals surface area contributed by atoms with Crippen molar-refractivity contribution in [3.05, 3.63) is 27.2 Å². The second kappa shape index (κ2) is 5.83. The Hall–Kier alpha value is -0.210. The topological polar surface area (TPSA) is 12.0 Å². The molecule has 1 N–H and O–H groups in total. The summed E-state index contributed by atoms with van der Waals surface area (Å²) in [6, 6.07) is 4.68. The first kappa shape index (κ1) is 14.2. The van der Waals surface area contributed by atoms with Gasteiger partial charge in [-0.3, -0.25) is 0 Å². The molecule has 18 heavy (non-hydrogen) atoms. The fourth-order valence-electron chi connectivity index (χ4n) is 2.74. The first-order chi connectivity index (χ1) is 8.49. The van der Waals surface area contributed by atoms with Gasteiger partial charge < -0.3 is 5.32 Å². The first-order valence-corrected chi connectivity index (χ1v) is 7.88. The number of aryl methyl sites for hydroxylation is 1. The van der Waals surface area contributed by atoms with E-state index in [9.17, 15) is 0 Å². The van der Waals surface area contributed by atoms with Crippen LogP contribution in [0.1, 0.15) is 38.7 Å². The first-order valence-electron chi connectivity index (χ1n) is 6.71. The van der Waals surface area contributed by atoms with E-state index in [1.54, 1.807) is 0 Å². The highest BCUT2D eigenvalue weighted by molar-refractivity contribution is 9.10. The molecule has 2 rings (SSSR count). The van der Waals surface area contributed by atoms with Gasteiger partial charge >= 0.3 is 0 Å². The number of hydrogen-bond donors (Lipinski definition) is 1. The summed E-state index contributed by atoms with van der Waals surface area (Å²) in [6.45, 7) is 6.74. The van der Waals surface area contributed by atoms with Crippen molar-refractivity contribution in [2.24, 2.45) is 11.8 Å². The average molecular weight is 331 g/mol. The third kappa shape index (κ3) is 3.03. The Labute approximate surface area is 123 Å². The van der Waals surface area contributed by atoms with Crippen LogP contribution in [0, 0.1) is 18.8 Å². The van der Waals surface area contributed by atoms with Crippen molar-refractivity contribution in [3.63, 3.8) is 0 Å². The number of halogens is 2. The minimum atomic E-state index is 0.559. The van der Waals surface area contributed by atoms with E-state index < -0.39 is 0 Å². The van der Waals surface area contributed by atoms with Crippen LogP contribution in [0.15, 0.2) is 16.6 Å². The Kier molecular flexibility index (Phi) is 4.60. The van der Waals surface area contributed by atoms with Gasteiger partial charge in [-0.25, -0.2) is 0 Å². The summed E-state index contributed by atoms with van der Waals surface area (Å²) in [6.07, 6.45) is 3.93. The molecule has 1 aromatic carbocycles. The van der Waals surface area contributed by atoms with Crippen LogP contribution in [0.5, 0.6) is 0 Å². The highest BCUT2D eigenvalue weighted by Gasteiger charge is 2.27. The van der Waals surface area contributed by atoms with E-state index in [1.165, 1.54) is 19.3 Å². The smallest absolute Gasteiger partial charge is 0.0502 e. The maximum atomic E-state index is 6.21. The van der Waals surface area contributed by atoms with Crippen molar-refractivity contribution in [2.45, 2.75) is 46.1 Å². The highest BCUT2D eigenvalue weighted by atomic mass is 79.9. The Morgan fingerprint density at radius 1 is 1.28 bits per heavy atom. The average Bonchev–Trinajstić information content (AvgIpc) is 2.32. The predicted octanol–water partition coefficient (Wildman–Crippen LogP) is 5.65. The van der Waals surface area contributed by atoms with Crippen LogP contribution in [0.2, 0.25) is 5.02 Å². The third-order valence-corrected chi connectivity index (χ3v) is 5.36. The molecule has 0 saturated heterocycles. The van der Waals surface area contributed by atoms with Gasteiger partial charge in [-0.05, 0) is 58.8 Å². The van der Waals surface area contributed by atoms with Crippen LogP contribution < -0.4 is 5.32 Å². The summed E-state index contributed by atoms with van der Waals surface area (Å²) in [7, 11) is 0. The number of rotatable bonds is 2. The van der Waals surface area contributed by atoms with Crippen LogP contribution >= 0.6 is 27.5 Å². The van der Waals surface area contributed by atoms with E-state index in [4.69, 9.17) is 11.6 Å². The quantitative estimate of drug-likeness (QED) is 0.739. The van der Waals surface area contributed by atoms with Crippen molar-refractivity contribution in [1.29, 1.82) is 0 Å². The molecule has 0 heterocycles. The maximum absolute atomic E-state index is 6.21. The number of anilines is 1. The molecule has 0 bridgehead atoms. The second-order valence-electron chi connectivity index (χ2n) is 5.60. The van der Waals surface area contributed by atoms with Crippen LogP contribution in [0.25, 0.3) is 0 Å². The third-order valence-electron chi connectivity index (χ3n) is 4.30. The molecule has 0 aromatic heterocycles. The van der Waals surface area contributed by atoms with Gasteiger partial charge in [0.15, 0.2) is 0 Å². The van der Waals surface area contributed by atoms with Gasteiger partial charge in [-0.15, -0.1) is 0 Å². The van der Waals surface area contributed by atoms with Crippen molar-refractivity contribution in [1.82, 2.24) is 0 Å². The summed E-state index contributed by atoms with van der Waals surface area (Å²) in [5, 5.41) is 4.50. The SMILES string of the molecule is Cc1cc(Br)c(NC2CCCC(C)C2C)cc1Cl. The van der Waals surface area contributed by atoms with Crippen LogP contribution in [0.3, 0.4) is 0 Å². The molecule has 1 aromatic rings. The van der Waals surface area contributed by atoms with Gasteiger partial charge in [0.1, 0.15) is 0 Å². The monoisotopic (exact) mass is 329 g/mol.